The van der Waals surface area contributed by atoms with Crippen molar-refractivity contribution >= 4 is 22.8 Å². The fourth-order valence-corrected chi connectivity index (χ4v) is 3.06. The Morgan fingerprint density at radius 2 is 2.04 bits per heavy atom. The van der Waals surface area contributed by atoms with Crippen molar-refractivity contribution in [2.45, 2.75) is 13.3 Å². The Kier molecular flexibility index (Phi) is 4.01. The number of carbonyl (C=O) groups excluding carboxylic acids is 1. The van der Waals surface area contributed by atoms with Gasteiger partial charge in [-0.25, -0.2) is 4.98 Å². The molecular formula is C20H19N5O. The quantitative estimate of drug-likeness (QED) is 0.594. The highest BCUT2D eigenvalue weighted by molar-refractivity contribution is 5.96. The molecule has 0 saturated carbocycles. The largest absolute Gasteiger partial charge is 0.346 e. The molecule has 0 unspecified atom stereocenters. The van der Waals surface area contributed by atoms with Gasteiger partial charge in [0.1, 0.15) is 5.65 Å². The van der Waals surface area contributed by atoms with Crippen LogP contribution in [0.15, 0.2) is 54.9 Å². The summed E-state index contributed by atoms with van der Waals surface area (Å²) >= 11 is 0. The standard InChI is InChI=1S/C20H19N5O/c1-13-6-3-4-7-15(13)17-11-18(24-23-17)25(2)19(26)10-14-12-22-20-16(14)8-5-9-21-20/h3-9,11-12H,10H2,1-2H3,(H,21,22)(H,23,24). The van der Waals surface area contributed by atoms with E-state index in [9.17, 15) is 4.79 Å². The van der Waals surface area contributed by atoms with Gasteiger partial charge in [-0.3, -0.25) is 14.8 Å². The molecule has 0 radical (unpaired) electrons. The molecule has 3 heterocycles. The number of aryl methyl sites for hydroxylation is 1. The Morgan fingerprint density at radius 1 is 1.19 bits per heavy atom. The number of carbonyl (C=O) groups is 1. The fourth-order valence-electron chi connectivity index (χ4n) is 3.06. The van der Waals surface area contributed by atoms with Crippen molar-refractivity contribution < 1.29 is 4.79 Å². The lowest BCUT2D eigenvalue weighted by atomic mass is 10.1. The third-order valence-electron chi connectivity index (χ3n) is 4.60. The molecule has 4 aromatic rings. The molecule has 0 aliphatic heterocycles. The Hall–Kier alpha value is -3.41. The van der Waals surface area contributed by atoms with E-state index in [1.807, 2.05) is 42.6 Å². The highest BCUT2D eigenvalue weighted by Crippen LogP contribution is 2.25. The summed E-state index contributed by atoms with van der Waals surface area (Å²) in [6, 6.07) is 13.8. The SMILES string of the molecule is Cc1ccccc1-c1cc(N(C)C(=O)Cc2c[nH]c3ncccc23)n[nH]1. The molecule has 0 saturated heterocycles. The summed E-state index contributed by atoms with van der Waals surface area (Å²) in [5.41, 5.74) is 4.85. The summed E-state index contributed by atoms with van der Waals surface area (Å²) < 4.78 is 0. The number of aromatic nitrogens is 4. The second kappa shape index (κ2) is 6.48. The van der Waals surface area contributed by atoms with Crippen LogP contribution < -0.4 is 4.90 Å². The van der Waals surface area contributed by atoms with Crippen LogP contribution in [-0.4, -0.2) is 33.1 Å². The first-order valence-corrected chi connectivity index (χ1v) is 8.42. The van der Waals surface area contributed by atoms with Crippen molar-refractivity contribution in [1.82, 2.24) is 20.2 Å². The molecule has 0 fully saturated rings. The molecule has 130 valence electrons. The predicted molar refractivity (Wildman–Crippen MR) is 102 cm³/mol. The number of hydrogen-bond donors (Lipinski definition) is 2. The summed E-state index contributed by atoms with van der Waals surface area (Å²) in [6.07, 6.45) is 3.86. The van der Waals surface area contributed by atoms with Crippen LogP contribution in [-0.2, 0) is 11.2 Å². The molecule has 26 heavy (non-hydrogen) atoms. The molecule has 4 rings (SSSR count). The van der Waals surface area contributed by atoms with Crippen molar-refractivity contribution in [2.24, 2.45) is 0 Å². The molecule has 1 amide bonds. The summed E-state index contributed by atoms with van der Waals surface area (Å²) in [5, 5.41) is 8.30. The van der Waals surface area contributed by atoms with Crippen LogP contribution in [0.1, 0.15) is 11.1 Å². The maximum absolute atomic E-state index is 12.7. The number of nitrogens with one attached hydrogen (secondary N) is 2. The number of anilines is 1. The van der Waals surface area contributed by atoms with E-state index in [0.717, 1.165) is 33.4 Å². The molecule has 0 atom stereocenters. The summed E-state index contributed by atoms with van der Waals surface area (Å²) in [7, 11) is 1.74. The van der Waals surface area contributed by atoms with Crippen molar-refractivity contribution in [1.29, 1.82) is 0 Å². The van der Waals surface area contributed by atoms with Gasteiger partial charge in [-0.2, -0.15) is 5.10 Å². The van der Waals surface area contributed by atoms with Gasteiger partial charge >= 0.3 is 0 Å². The van der Waals surface area contributed by atoms with E-state index >= 15 is 0 Å². The van der Waals surface area contributed by atoms with Crippen LogP contribution in [0.4, 0.5) is 5.82 Å². The predicted octanol–water partition coefficient (Wildman–Crippen LogP) is 3.47. The number of nitrogens with zero attached hydrogens (tertiary/aromatic N) is 3. The molecule has 0 spiro atoms. The summed E-state index contributed by atoms with van der Waals surface area (Å²) in [6.45, 7) is 2.05. The van der Waals surface area contributed by atoms with Gasteiger partial charge in [0.2, 0.25) is 5.91 Å². The van der Waals surface area contributed by atoms with E-state index in [1.165, 1.54) is 0 Å². The van der Waals surface area contributed by atoms with Crippen molar-refractivity contribution in [3.63, 3.8) is 0 Å². The van der Waals surface area contributed by atoms with Gasteiger partial charge in [-0.05, 0) is 30.2 Å². The summed E-state index contributed by atoms with van der Waals surface area (Å²) in [5.74, 6) is 0.573. The molecule has 0 aliphatic rings. The van der Waals surface area contributed by atoms with Crippen LogP contribution >= 0.6 is 0 Å². The number of rotatable bonds is 4. The van der Waals surface area contributed by atoms with E-state index in [2.05, 4.69) is 33.2 Å². The Bertz CT molecular complexity index is 1080. The molecule has 6 heteroatoms. The fraction of sp³-hybridized carbons (Fsp3) is 0.150. The number of H-pyrrole nitrogens is 2. The van der Waals surface area contributed by atoms with Crippen molar-refractivity contribution in [3.8, 4) is 11.3 Å². The third kappa shape index (κ3) is 2.86. The van der Waals surface area contributed by atoms with Crippen LogP contribution in [0.3, 0.4) is 0 Å². The molecule has 1 aromatic carbocycles. The monoisotopic (exact) mass is 345 g/mol. The first-order chi connectivity index (χ1) is 12.6. The smallest absolute Gasteiger partial charge is 0.232 e. The number of likely N-dealkylation sites (N-methyl/N-ethyl adjacent to an activating group) is 1. The van der Waals surface area contributed by atoms with Gasteiger partial charge in [0.15, 0.2) is 5.82 Å². The van der Waals surface area contributed by atoms with E-state index in [0.29, 0.717) is 5.82 Å². The lowest BCUT2D eigenvalue weighted by molar-refractivity contribution is -0.117. The topological polar surface area (TPSA) is 77.7 Å². The Morgan fingerprint density at radius 3 is 2.88 bits per heavy atom. The number of pyridine rings is 1. The van der Waals surface area contributed by atoms with Crippen LogP contribution in [0.2, 0.25) is 0 Å². The molecule has 0 bridgehead atoms. The van der Waals surface area contributed by atoms with Crippen molar-refractivity contribution in [2.75, 3.05) is 11.9 Å². The minimum absolute atomic E-state index is 0.0300. The number of amides is 1. The zero-order valence-corrected chi connectivity index (χ0v) is 14.7. The van der Waals surface area contributed by atoms with Crippen LogP contribution in [0, 0.1) is 6.92 Å². The average Bonchev–Trinajstić information content (AvgIpc) is 3.29. The van der Waals surface area contributed by atoms with Crippen LogP contribution in [0.25, 0.3) is 22.3 Å². The van der Waals surface area contributed by atoms with E-state index in [4.69, 9.17) is 0 Å². The molecule has 3 aromatic heterocycles. The van der Waals surface area contributed by atoms with E-state index in [1.54, 1.807) is 18.1 Å². The Labute approximate surface area is 150 Å². The summed E-state index contributed by atoms with van der Waals surface area (Å²) in [4.78, 5) is 21.6. The number of aromatic amines is 2. The lowest BCUT2D eigenvalue weighted by Crippen LogP contribution is -2.28. The second-order valence-electron chi connectivity index (χ2n) is 6.30. The zero-order chi connectivity index (χ0) is 18.1. The lowest BCUT2D eigenvalue weighted by Gasteiger charge is -2.13. The second-order valence-corrected chi connectivity index (χ2v) is 6.30. The van der Waals surface area contributed by atoms with E-state index < -0.39 is 0 Å². The van der Waals surface area contributed by atoms with Gasteiger partial charge in [0.25, 0.3) is 0 Å². The normalized spacial score (nSPS) is 11.0. The molecule has 2 N–H and O–H groups in total. The zero-order valence-electron chi connectivity index (χ0n) is 14.7. The average molecular weight is 345 g/mol. The third-order valence-corrected chi connectivity index (χ3v) is 4.60. The maximum Gasteiger partial charge on any atom is 0.232 e. The van der Waals surface area contributed by atoms with Gasteiger partial charge in [-0.15, -0.1) is 0 Å². The first kappa shape index (κ1) is 16.1. The van der Waals surface area contributed by atoms with E-state index in [-0.39, 0.29) is 12.3 Å². The highest BCUT2D eigenvalue weighted by Gasteiger charge is 2.17. The van der Waals surface area contributed by atoms with Gasteiger partial charge in [0, 0.05) is 36.5 Å². The molecular weight excluding hydrogens is 326 g/mol. The minimum atomic E-state index is -0.0300. The number of hydrogen-bond acceptors (Lipinski definition) is 3. The molecule has 6 nitrogen and oxygen atoms in total. The van der Waals surface area contributed by atoms with Crippen LogP contribution in [0.5, 0.6) is 0 Å². The molecule has 0 aliphatic carbocycles. The van der Waals surface area contributed by atoms with Gasteiger partial charge in [-0.1, -0.05) is 24.3 Å². The first-order valence-electron chi connectivity index (χ1n) is 8.42. The Balaban J connectivity index is 1.55. The number of fused-ring (bicyclic) bond motifs is 1. The van der Waals surface area contributed by atoms with Gasteiger partial charge in [0.05, 0.1) is 12.1 Å². The number of benzene rings is 1. The minimum Gasteiger partial charge on any atom is -0.346 e. The highest BCUT2D eigenvalue weighted by atomic mass is 16.2. The van der Waals surface area contributed by atoms with Gasteiger partial charge < -0.3 is 4.98 Å². The maximum atomic E-state index is 12.7. The van der Waals surface area contributed by atoms with Crippen molar-refractivity contribution in [3.05, 3.63) is 66.0 Å².